The summed E-state index contributed by atoms with van der Waals surface area (Å²) in [7, 11) is 2.12. The van der Waals surface area contributed by atoms with E-state index in [0.717, 1.165) is 64.1 Å². The van der Waals surface area contributed by atoms with Crippen molar-refractivity contribution in [1.29, 1.82) is 0 Å². The van der Waals surface area contributed by atoms with Crippen molar-refractivity contribution in [2.45, 2.75) is 44.1 Å². The van der Waals surface area contributed by atoms with Gasteiger partial charge in [0, 0.05) is 50.8 Å². The molecule has 7 nitrogen and oxygen atoms in total. The van der Waals surface area contributed by atoms with E-state index in [2.05, 4.69) is 17.3 Å². The number of carbonyl (C=O) groups excluding carboxylic acids is 1. The molecular formula is C21H33Cl2N3O4. The molecular weight excluding hydrogens is 429 g/mol. The topological polar surface area (TPSA) is 75.0 Å². The van der Waals surface area contributed by atoms with Crippen LogP contribution in [0.3, 0.4) is 0 Å². The molecule has 1 amide bonds. The SMILES string of the molecule is Cc1cc(C2CCCNC2)oc(=O)c1C(=O)N1CCN(C)C2(CCOCC2)C1.Cl.Cl. The van der Waals surface area contributed by atoms with Crippen molar-refractivity contribution in [1.82, 2.24) is 15.1 Å². The zero-order valence-corrected chi connectivity index (χ0v) is 19.4. The van der Waals surface area contributed by atoms with Gasteiger partial charge in [0.2, 0.25) is 0 Å². The van der Waals surface area contributed by atoms with Crippen LogP contribution in [0.1, 0.15) is 53.3 Å². The molecule has 30 heavy (non-hydrogen) atoms. The number of likely N-dealkylation sites (N-methyl/N-ethyl adjacent to an activating group) is 1. The summed E-state index contributed by atoms with van der Waals surface area (Å²) >= 11 is 0. The molecule has 4 rings (SSSR count). The van der Waals surface area contributed by atoms with Crippen molar-refractivity contribution in [3.05, 3.63) is 33.4 Å². The molecule has 3 aliphatic heterocycles. The Balaban J connectivity index is 0.00000160. The van der Waals surface area contributed by atoms with Gasteiger partial charge in [0.25, 0.3) is 5.91 Å². The predicted molar refractivity (Wildman–Crippen MR) is 120 cm³/mol. The van der Waals surface area contributed by atoms with E-state index in [-0.39, 0.29) is 47.7 Å². The maximum absolute atomic E-state index is 13.3. The fourth-order valence-electron chi connectivity index (χ4n) is 4.87. The molecule has 3 saturated heterocycles. The summed E-state index contributed by atoms with van der Waals surface area (Å²) in [4.78, 5) is 30.2. The van der Waals surface area contributed by atoms with Gasteiger partial charge in [0.05, 0.1) is 0 Å². The van der Waals surface area contributed by atoms with E-state index in [0.29, 0.717) is 18.8 Å². The largest absolute Gasteiger partial charge is 0.427 e. The average molecular weight is 462 g/mol. The Kier molecular flexibility index (Phi) is 8.77. The van der Waals surface area contributed by atoms with Gasteiger partial charge >= 0.3 is 5.63 Å². The van der Waals surface area contributed by atoms with E-state index >= 15 is 0 Å². The van der Waals surface area contributed by atoms with Crippen LogP contribution in [0.15, 0.2) is 15.3 Å². The zero-order chi connectivity index (χ0) is 19.7. The van der Waals surface area contributed by atoms with Gasteiger partial charge in [-0.25, -0.2) is 4.79 Å². The second-order valence-corrected chi connectivity index (χ2v) is 8.52. The quantitative estimate of drug-likeness (QED) is 0.727. The number of piperidine rings is 1. The van der Waals surface area contributed by atoms with E-state index < -0.39 is 5.63 Å². The third kappa shape index (κ3) is 4.86. The minimum atomic E-state index is -0.495. The summed E-state index contributed by atoms with van der Waals surface area (Å²) in [5.74, 6) is 0.711. The molecule has 0 aromatic carbocycles. The molecule has 3 aliphatic rings. The van der Waals surface area contributed by atoms with Crippen molar-refractivity contribution in [2.75, 3.05) is 53.0 Å². The third-order valence-electron chi connectivity index (χ3n) is 6.79. The molecule has 3 fully saturated rings. The minimum Gasteiger partial charge on any atom is -0.427 e. The van der Waals surface area contributed by atoms with Gasteiger partial charge < -0.3 is 19.4 Å². The monoisotopic (exact) mass is 461 g/mol. The molecule has 9 heteroatoms. The van der Waals surface area contributed by atoms with E-state index in [4.69, 9.17) is 9.15 Å². The van der Waals surface area contributed by atoms with Crippen LogP contribution in [0.4, 0.5) is 0 Å². The predicted octanol–water partition coefficient (Wildman–Crippen LogP) is 2.20. The molecule has 1 unspecified atom stereocenters. The number of nitrogens with one attached hydrogen (secondary N) is 1. The summed E-state index contributed by atoms with van der Waals surface area (Å²) in [6.07, 6.45) is 3.90. The van der Waals surface area contributed by atoms with Crippen molar-refractivity contribution in [2.24, 2.45) is 0 Å². The lowest BCUT2D eigenvalue weighted by Crippen LogP contribution is -2.64. The van der Waals surface area contributed by atoms with Gasteiger partial charge in [0.1, 0.15) is 11.3 Å². The standard InChI is InChI=1S/C21H31N3O4.2ClH/c1-15-12-17(16-4-3-7-22-13-16)28-20(26)18(15)19(25)24-9-8-23(2)21(14-24)5-10-27-11-6-21;;/h12,16,22H,3-11,13-14H2,1-2H3;2*1H. The Morgan fingerprint density at radius 3 is 2.60 bits per heavy atom. The van der Waals surface area contributed by atoms with Gasteiger partial charge in [-0.2, -0.15) is 0 Å². The zero-order valence-electron chi connectivity index (χ0n) is 17.8. The van der Waals surface area contributed by atoms with E-state index in [1.807, 2.05) is 17.9 Å². The maximum atomic E-state index is 13.3. The number of carbonyl (C=O) groups is 1. The van der Waals surface area contributed by atoms with Crippen LogP contribution in [-0.2, 0) is 4.74 Å². The fourth-order valence-corrected chi connectivity index (χ4v) is 4.87. The molecule has 1 spiro atoms. The smallest absolute Gasteiger partial charge is 0.349 e. The number of ether oxygens (including phenoxy) is 1. The second kappa shape index (κ2) is 10.5. The van der Waals surface area contributed by atoms with E-state index in [9.17, 15) is 9.59 Å². The van der Waals surface area contributed by atoms with E-state index in [1.165, 1.54) is 0 Å². The van der Waals surface area contributed by atoms with Gasteiger partial charge in [-0.05, 0) is 57.8 Å². The van der Waals surface area contributed by atoms with Gasteiger partial charge in [-0.3, -0.25) is 9.69 Å². The highest BCUT2D eigenvalue weighted by atomic mass is 35.5. The Morgan fingerprint density at radius 2 is 1.97 bits per heavy atom. The number of amides is 1. The highest BCUT2D eigenvalue weighted by Gasteiger charge is 2.43. The van der Waals surface area contributed by atoms with Gasteiger partial charge in [-0.1, -0.05) is 0 Å². The maximum Gasteiger partial charge on any atom is 0.349 e. The normalized spacial score (nSPS) is 24.1. The molecule has 1 aromatic heterocycles. The average Bonchev–Trinajstić information content (AvgIpc) is 2.71. The van der Waals surface area contributed by atoms with E-state index in [1.54, 1.807) is 0 Å². The Hall–Kier alpha value is -1.12. The molecule has 170 valence electrons. The summed E-state index contributed by atoms with van der Waals surface area (Å²) in [5, 5.41) is 3.35. The first-order valence-electron chi connectivity index (χ1n) is 10.4. The number of rotatable bonds is 2. The number of nitrogens with zero attached hydrogens (tertiary/aromatic N) is 2. The van der Waals surface area contributed by atoms with Crippen LogP contribution in [0, 0.1) is 6.92 Å². The molecule has 0 radical (unpaired) electrons. The fraction of sp³-hybridized carbons (Fsp3) is 0.714. The lowest BCUT2D eigenvalue weighted by molar-refractivity contribution is -0.0544. The Labute approximate surface area is 190 Å². The lowest BCUT2D eigenvalue weighted by atomic mass is 9.85. The number of piperazine rings is 1. The summed E-state index contributed by atoms with van der Waals surface area (Å²) < 4.78 is 11.2. The minimum absolute atomic E-state index is 0. The Morgan fingerprint density at radius 1 is 1.23 bits per heavy atom. The molecule has 1 atom stereocenters. The first kappa shape index (κ1) is 25.1. The first-order valence-corrected chi connectivity index (χ1v) is 10.4. The number of hydrogen-bond acceptors (Lipinski definition) is 6. The second-order valence-electron chi connectivity index (χ2n) is 8.52. The van der Waals surface area contributed by atoms with Crippen LogP contribution in [-0.4, -0.2) is 74.2 Å². The van der Waals surface area contributed by atoms with Crippen LogP contribution in [0.5, 0.6) is 0 Å². The molecule has 0 aliphatic carbocycles. The van der Waals surface area contributed by atoms with Crippen molar-refractivity contribution >= 4 is 30.7 Å². The summed E-state index contributed by atoms with van der Waals surface area (Å²) in [6.45, 7) is 7.19. The molecule has 1 aromatic rings. The van der Waals surface area contributed by atoms with Crippen LogP contribution < -0.4 is 10.9 Å². The summed E-state index contributed by atoms with van der Waals surface area (Å²) in [5.41, 5.74) is 0.375. The lowest BCUT2D eigenvalue weighted by Gasteiger charge is -2.51. The van der Waals surface area contributed by atoms with Crippen LogP contribution in [0.2, 0.25) is 0 Å². The molecule has 0 bridgehead atoms. The van der Waals surface area contributed by atoms with Crippen molar-refractivity contribution < 1.29 is 13.9 Å². The van der Waals surface area contributed by atoms with Crippen molar-refractivity contribution in [3.63, 3.8) is 0 Å². The molecule has 1 N–H and O–H groups in total. The van der Waals surface area contributed by atoms with Gasteiger partial charge in [0.15, 0.2) is 0 Å². The highest BCUT2D eigenvalue weighted by Crippen LogP contribution is 2.31. The molecule has 0 saturated carbocycles. The first-order chi connectivity index (χ1) is 13.5. The Bertz CT molecular complexity index is 789. The third-order valence-corrected chi connectivity index (χ3v) is 6.79. The highest BCUT2D eigenvalue weighted by molar-refractivity contribution is 5.95. The van der Waals surface area contributed by atoms with Gasteiger partial charge in [-0.15, -0.1) is 24.8 Å². The number of halogens is 2. The molecule has 4 heterocycles. The van der Waals surface area contributed by atoms with Crippen LogP contribution >= 0.6 is 24.8 Å². The number of aryl methyl sites for hydroxylation is 1. The number of hydrogen-bond donors (Lipinski definition) is 1. The van der Waals surface area contributed by atoms with Crippen LogP contribution in [0.25, 0.3) is 0 Å². The summed E-state index contributed by atoms with van der Waals surface area (Å²) in [6, 6.07) is 1.90. The van der Waals surface area contributed by atoms with Crippen molar-refractivity contribution in [3.8, 4) is 0 Å².